The van der Waals surface area contributed by atoms with Crippen LogP contribution in [0.2, 0.25) is 0 Å². The van der Waals surface area contributed by atoms with E-state index in [-0.39, 0.29) is 48.3 Å². The van der Waals surface area contributed by atoms with E-state index in [4.69, 9.17) is 10.5 Å². The second kappa shape index (κ2) is 6.10. The van der Waals surface area contributed by atoms with Crippen molar-refractivity contribution in [2.45, 2.75) is 38.6 Å². The fourth-order valence-corrected chi connectivity index (χ4v) is 4.41. The molecule has 9 heteroatoms. The van der Waals surface area contributed by atoms with Crippen molar-refractivity contribution in [3.63, 3.8) is 0 Å². The van der Waals surface area contributed by atoms with Gasteiger partial charge in [0.05, 0.1) is 29.0 Å². The summed E-state index contributed by atoms with van der Waals surface area (Å²) < 4.78 is 20.5. The first kappa shape index (κ1) is 18.7. The van der Waals surface area contributed by atoms with Crippen LogP contribution in [0.3, 0.4) is 0 Å². The number of halogens is 1. The maximum Gasteiger partial charge on any atom is 0.343 e. The van der Waals surface area contributed by atoms with E-state index in [0.29, 0.717) is 27.9 Å². The minimum Gasteiger partial charge on any atom is -0.505 e. The van der Waals surface area contributed by atoms with Gasteiger partial charge >= 0.3 is 5.97 Å². The molecule has 0 spiro atoms. The van der Waals surface area contributed by atoms with Gasteiger partial charge in [-0.25, -0.2) is 14.2 Å². The summed E-state index contributed by atoms with van der Waals surface area (Å²) in [5, 5.41) is 21.2. The molecule has 1 atom stereocenters. The summed E-state index contributed by atoms with van der Waals surface area (Å²) in [5.41, 5.74) is 6.54. The zero-order chi connectivity index (χ0) is 21.4. The van der Waals surface area contributed by atoms with Gasteiger partial charge in [-0.15, -0.1) is 0 Å². The number of carbonyl (C=O) groups is 1. The van der Waals surface area contributed by atoms with Crippen molar-refractivity contribution < 1.29 is 24.1 Å². The van der Waals surface area contributed by atoms with Crippen LogP contribution in [0.1, 0.15) is 35.6 Å². The Morgan fingerprint density at radius 2 is 2.07 bits per heavy atom. The standard InChI is InChI=1S/C21H18FN3O5/c1-2-21(29)13-4-16-18-11(7-25(16)19(27)12(13)8-30-20(21)28)10(6-23)9-3-17(26)14(22)5-15(9)24-18/h3-5,26,29H,2,6-8,23H2,1H3/t21-/m0/s1. The quantitative estimate of drug-likeness (QED) is 0.425. The van der Waals surface area contributed by atoms with Crippen LogP contribution in [0.5, 0.6) is 5.75 Å². The van der Waals surface area contributed by atoms with Crippen molar-refractivity contribution >= 4 is 16.9 Å². The molecule has 0 radical (unpaired) electrons. The Hall–Kier alpha value is -3.30. The first-order chi connectivity index (χ1) is 14.3. The lowest BCUT2D eigenvalue weighted by molar-refractivity contribution is -0.172. The summed E-state index contributed by atoms with van der Waals surface area (Å²) in [7, 11) is 0. The van der Waals surface area contributed by atoms with Gasteiger partial charge in [-0.1, -0.05) is 6.92 Å². The largest absolute Gasteiger partial charge is 0.505 e. The molecular formula is C21H18FN3O5. The van der Waals surface area contributed by atoms with Crippen molar-refractivity contribution in [2.75, 3.05) is 0 Å². The van der Waals surface area contributed by atoms with Gasteiger partial charge in [0, 0.05) is 29.1 Å². The minimum atomic E-state index is -1.92. The minimum absolute atomic E-state index is 0.0400. The Morgan fingerprint density at radius 1 is 1.30 bits per heavy atom. The average Bonchev–Trinajstić information content (AvgIpc) is 3.09. The van der Waals surface area contributed by atoms with Crippen molar-refractivity contribution in [2.24, 2.45) is 5.73 Å². The smallest absolute Gasteiger partial charge is 0.343 e. The molecule has 154 valence electrons. The van der Waals surface area contributed by atoms with Crippen LogP contribution in [-0.2, 0) is 34.8 Å². The summed E-state index contributed by atoms with van der Waals surface area (Å²) in [4.78, 5) is 29.9. The summed E-state index contributed by atoms with van der Waals surface area (Å²) in [6.07, 6.45) is 0.0400. The van der Waals surface area contributed by atoms with Gasteiger partial charge in [-0.05, 0) is 24.1 Å². The Morgan fingerprint density at radius 3 is 2.77 bits per heavy atom. The highest BCUT2D eigenvalue weighted by atomic mass is 19.1. The van der Waals surface area contributed by atoms with Crippen molar-refractivity contribution in [3.8, 4) is 17.1 Å². The van der Waals surface area contributed by atoms with Gasteiger partial charge < -0.3 is 25.3 Å². The Labute approximate surface area is 169 Å². The molecule has 0 saturated heterocycles. The Kier molecular flexibility index (Phi) is 3.80. The molecule has 2 aliphatic rings. The van der Waals surface area contributed by atoms with E-state index >= 15 is 0 Å². The zero-order valence-corrected chi connectivity index (χ0v) is 16.0. The molecular weight excluding hydrogens is 393 g/mol. The summed E-state index contributed by atoms with van der Waals surface area (Å²) in [6.45, 7) is 1.69. The number of aliphatic hydroxyl groups is 1. The number of phenols is 1. The molecule has 0 bridgehead atoms. The van der Waals surface area contributed by atoms with E-state index in [2.05, 4.69) is 4.98 Å². The Bertz CT molecular complexity index is 1330. The van der Waals surface area contributed by atoms with E-state index in [9.17, 15) is 24.2 Å². The van der Waals surface area contributed by atoms with E-state index < -0.39 is 23.1 Å². The molecule has 0 aliphatic carbocycles. The number of aromatic hydroxyl groups is 1. The number of carbonyl (C=O) groups excluding carboxylic acids is 1. The first-order valence-corrected chi connectivity index (χ1v) is 9.51. The van der Waals surface area contributed by atoms with Crippen LogP contribution >= 0.6 is 0 Å². The highest BCUT2D eigenvalue weighted by molar-refractivity contribution is 5.90. The average molecular weight is 411 g/mol. The number of phenolic OH excluding ortho intramolecular Hbond substituents is 1. The van der Waals surface area contributed by atoms with E-state index in [1.165, 1.54) is 10.6 Å². The molecule has 0 amide bonds. The fraction of sp³-hybridized carbons (Fsp3) is 0.286. The number of aromatic nitrogens is 2. The highest BCUT2D eigenvalue weighted by Crippen LogP contribution is 2.40. The monoisotopic (exact) mass is 411 g/mol. The van der Waals surface area contributed by atoms with Gasteiger partial charge in [0.1, 0.15) is 6.61 Å². The maximum absolute atomic E-state index is 14.0. The van der Waals surface area contributed by atoms with E-state index in [0.717, 1.165) is 6.07 Å². The fourth-order valence-electron chi connectivity index (χ4n) is 4.41. The molecule has 8 nitrogen and oxygen atoms in total. The van der Waals surface area contributed by atoms with Crippen LogP contribution in [0.4, 0.5) is 4.39 Å². The van der Waals surface area contributed by atoms with Crippen LogP contribution in [-0.4, -0.2) is 25.7 Å². The molecule has 2 aliphatic heterocycles. The topological polar surface area (TPSA) is 128 Å². The number of rotatable bonds is 2. The lowest BCUT2D eigenvalue weighted by Crippen LogP contribution is -2.44. The third-order valence-corrected chi connectivity index (χ3v) is 6.08. The normalized spacial score (nSPS) is 19.4. The van der Waals surface area contributed by atoms with Crippen molar-refractivity contribution in [3.05, 3.63) is 56.6 Å². The Balaban J connectivity index is 1.84. The van der Waals surface area contributed by atoms with Crippen molar-refractivity contribution in [1.82, 2.24) is 9.55 Å². The number of benzene rings is 1. The number of hydrogen-bond donors (Lipinski definition) is 3. The molecule has 4 N–H and O–H groups in total. The molecule has 3 aromatic rings. The van der Waals surface area contributed by atoms with Crippen LogP contribution in [0.25, 0.3) is 22.3 Å². The number of fused-ring (bicyclic) bond motifs is 5. The van der Waals surface area contributed by atoms with Gasteiger partial charge in [-0.2, -0.15) is 0 Å². The van der Waals surface area contributed by atoms with Gasteiger partial charge in [0.15, 0.2) is 17.2 Å². The van der Waals surface area contributed by atoms with E-state index in [1.807, 2.05) is 0 Å². The third kappa shape index (κ3) is 2.24. The van der Waals surface area contributed by atoms with Crippen LogP contribution in [0, 0.1) is 5.82 Å². The van der Waals surface area contributed by atoms with Crippen molar-refractivity contribution in [1.29, 1.82) is 0 Å². The third-order valence-electron chi connectivity index (χ3n) is 6.08. The van der Waals surface area contributed by atoms with Crippen LogP contribution in [0.15, 0.2) is 23.0 Å². The molecule has 30 heavy (non-hydrogen) atoms. The second-order valence-electron chi connectivity index (χ2n) is 7.55. The summed E-state index contributed by atoms with van der Waals surface area (Å²) >= 11 is 0. The highest BCUT2D eigenvalue weighted by Gasteiger charge is 2.45. The first-order valence-electron chi connectivity index (χ1n) is 9.51. The van der Waals surface area contributed by atoms with Gasteiger partial charge in [0.2, 0.25) is 0 Å². The number of esters is 1. The number of hydrogen-bond acceptors (Lipinski definition) is 7. The molecule has 0 fully saturated rings. The second-order valence-corrected chi connectivity index (χ2v) is 7.55. The summed E-state index contributed by atoms with van der Waals surface area (Å²) in [5.74, 6) is -2.13. The number of nitrogens with two attached hydrogens (primary N) is 1. The van der Waals surface area contributed by atoms with Crippen LogP contribution < -0.4 is 11.3 Å². The maximum atomic E-state index is 14.0. The molecule has 5 rings (SSSR count). The number of ether oxygens (including phenoxy) is 1. The number of cyclic esters (lactones) is 1. The van der Waals surface area contributed by atoms with Gasteiger partial charge in [-0.3, -0.25) is 4.79 Å². The molecule has 0 saturated carbocycles. The number of pyridine rings is 2. The predicted octanol–water partition coefficient (Wildman–Crippen LogP) is 1.38. The molecule has 0 unspecified atom stereocenters. The molecule has 2 aromatic heterocycles. The lowest BCUT2D eigenvalue weighted by Gasteiger charge is -2.31. The SMILES string of the molecule is CC[C@@]1(O)C(=O)OCc2c1cc1n(c2=O)Cc2c-1nc1cc(F)c(O)cc1c2CN. The molecule has 1 aromatic carbocycles. The lowest BCUT2D eigenvalue weighted by atomic mass is 9.86. The van der Waals surface area contributed by atoms with E-state index in [1.54, 1.807) is 13.0 Å². The zero-order valence-electron chi connectivity index (χ0n) is 16.0. The predicted molar refractivity (Wildman–Crippen MR) is 104 cm³/mol. The molecule has 4 heterocycles. The number of nitrogens with zero attached hydrogens (tertiary/aromatic N) is 2. The summed E-state index contributed by atoms with van der Waals surface area (Å²) in [6, 6.07) is 3.98. The van der Waals surface area contributed by atoms with Gasteiger partial charge in [0.25, 0.3) is 5.56 Å².